The lowest BCUT2D eigenvalue weighted by Gasteiger charge is -2.08. The Bertz CT molecular complexity index is 255. The Hall–Kier alpha value is -1.00. The van der Waals surface area contributed by atoms with Gasteiger partial charge < -0.3 is 10.5 Å². The van der Waals surface area contributed by atoms with Crippen molar-refractivity contribution in [3.05, 3.63) is 29.8 Å². The lowest BCUT2D eigenvalue weighted by Crippen LogP contribution is -2.17. The van der Waals surface area contributed by atoms with Gasteiger partial charge in [-0.2, -0.15) is 0 Å². The smallest absolute Gasteiger partial charge is 0.126 e. The highest BCUT2D eigenvalue weighted by atomic mass is 19.1. The number of nitrogens with two attached hydrogens (primary N) is 1. The Balaban J connectivity index is 2.73. The van der Waals surface area contributed by atoms with E-state index in [-0.39, 0.29) is 11.9 Å². The zero-order chi connectivity index (χ0) is 8.97. The highest BCUT2D eigenvalue weighted by Gasteiger charge is 2.06. The molecule has 4 heteroatoms. The van der Waals surface area contributed by atoms with Gasteiger partial charge in [0.1, 0.15) is 5.82 Å². The van der Waals surface area contributed by atoms with E-state index >= 15 is 0 Å². The quantitative estimate of drug-likeness (QED) is 0.732. The Morgan fingerprint density at radius 1 is 1.75 bits per heavy atom. The van der Waals surface area contributed by atoms with E-state index in [4.69, 9.17) is 10.5 Å². The summed E-state index contributed by atoms with van der Waals surface area (Å²) in [5, 5.41) is 0. The fourth-order valence-corrected chi connectivity index (χ4v) is 0.889. The third-order valence-electron chi connectivity index (χ3n) is 1.47. The highest BCUT2D eigenvalue weighted by Crippen LogP contribution is 2.07. The van der Waals surface area contributed by atoms with Crippen LogP contribution in [0, 0.1) is 5.82 Å². The first-order valence-electron chi connectivity index (χ1n) is 3.60. The molecule has 0 aliphatic rings. The van der Waals surface area contributed by atoms with Crippen LogP contribution in [0.4, 0.5) is 4.39 Å². The van der Waals surface area contributed by atoms with E-state index in [1.165, 1.54) is 18.3 Å². The molecular weight excluding hydrogens is 159 g/mol. The maximum atomic E-state index is 12.6. The van der Waals surface area contributed by atoms with Crippen LogP contribution in [-0.4, -0.2) is 18.7 Å². The van der Waals surface area contributed by atoms with Crippen molar-refractivity contribution in [2.45, 2.75) is 6.04 Å². The molecule has 0 unspecified atom stereocenters. The first-order valence-corrected chi connectivity index (χ1v) is 3.60. The molecule has 0 saturated heterocycles. The molecule has 1 atom stereocenters. The van der Waals surface area contributed by atoms with Gasteiger partial charge in [0.25, 0.3) is 0 Å². The number of hydrogen-bond acceptors (Lipinski definition) is 3. The van der Waals surface area contributed by atoms with Gasteiger partial charge in [-0.3, -0.25) is 4.98 Å². The van der Waals surface area contributed by atoms with Crippen LogP contribution in [0.3, 0.4) is 0 Å². The topological polar surface area (TPSA) is 48.1 Å². The standard InChI is InChI=1S/C8H11FN2O/c1-12-5-7(10)8-4-6(9)2-3-11-8/h2-4,7H,5,10H2,1H3/t7-/m1/s1. The Labute approximate surface area is 70.4 Å². The summed E-state index contributed by atoms with van der Waals surface area (Å²) in [5.74, 6) is -0.327. The molecule has 1 aromatic heterocycles. The lowest BCUT2D eigenvalue weighted by atomic mass is 10.2. The summed E-state index contributed by atoms with van der Waals surface area (Å²) in [7, 11) is 1.54. The average Bonchev–Trinajstić information content (AvgIpc) is 2.05. The fourth-order valence-electron chi connectivity index (χ4n) is 0.889. The Morgan fingerprint density at radius 3 is 3.08 bits per heavy atom. The number of aromatic nitrogens is 1. The minimum absolute atomic E-state index is 0.327. The van der Waals surface area contributed by atoms with Gasteiger partial charge in [-0.15, -0.1) is 0 Å². The van der Waals surface area contributed by atoms with E-state index < -0.39 is 0 Å². The zero-order valence-electron chi connectivity index (χ0n) is 6.83. The van der Waals surface area contributed by atoms with Crippen LogP contribution < -0.4 is 5.73 Å². The molecule has 1 heterocycles. The van der Waals surface area contributed by atoms with Crippen molar-refractivity contribution in [2.24, 2.45) is 5.73 Å². The van der Waals surface area contributed by atoms with E-state index in [1.54, 1.807) is 7.11 Å². The normalized spacial score (nSPS) is 12.9. The van der Waals surface area contributed by atoms with Crippen molar-refractivity contribution in [3.8, 4) is 0 Å². The summed E-state index contributed by atoms with van der Waals surface area (Å²) in [5.41, 5.74) is 6.13. The first-order chi connectivity index (χ1) is 5.74. The SMILES string of the molecule is COC[C@@H](N)c1cc(F)ccn1. The molecule has 0 fully saturated rings. The van der Waals surface area contributed by atoms with Gasteiger partial charge in [-0.05, 0) is 12.1 Å². The van der Waals surface area contributed by atoms with Crippen LogP contribution in [0.2, 0.25) is 0 Å². The highest BCUT2D eigenvalue weighted by molar-refractivity contribution is 5.09. The Morgan fingerprint density at radius 2 is 2.50 bits per heavy atom. The van der Waals surface area contributed by atoms with E-state index in [9.17, 15) is 4.39 Å². The predicted octanol–water partition coefficient (Wildman–Crippen LogP) is 0.867. The third-order valence-corrected chi connectivity index (χ3v) is 1.47. The predicted molar refractivity (Wildman–Crippen MR) is 43.0 cm³/mol. The second-order valence-electron chi connectivity index (χ2n) is 2.46. The van der Waals surface area contributed by atoms with Gasteiger partial charge >= 0.3 is 0 Å². The molecule has 0 radical (unpaired) electrons. The van der Waals surface area contributed by atoms with Gasteiger partial charge in [0.2, 0.25) is 0 Å². The Kier molecular flexibility index (Phi) is 3.13. The van der Waals surface area contributed by atoms with Gasteiger partial charge in [0.15, 0.2) is 0 Å². The molecule has 2 N–H and O–H groups in total. The molecule has 1 aromatic rings. The minimum atomic E-state index is -0.356. The average molecular weight is 170 g/mol. The third kappa shape index (κ3) is 2.25. The fraction of sp³-hybridized carbons (Fsp3) is 0.375. The van der Waals surface area contributed by atoms with Crippen LogP contribution >= 0.6 is 0 Å². The lowest BCUT2D eigenvalue weighted by molar-refractivity contribution is 0.179. The van der Waals surface area contributed by atoms with Gasteiger partial charge in [0.05, 0.1) is 18.3 Å². The molecule has 0 aliphatic carbocycles. The number of methoxy groups -OCH3 is 1. The summed E-state index contributed by atoms with van der Waals surface area (Å²) >= 11 is 0. The van der Waals surface area contributed by atoms with Crippen molar-refractivity contribution in [2.75, 3.05) is 13.7 Å². The van der Waals surface area contributed by atoms with E-state index in [2.05, 4.69) is 4.98 Å². The molecule has 0 spiro atoms. The van der Waals surface area contributed by atoms with Gasteiger partial charge in [-0.1, -0.05) is 0 Å². The molecular formula is C8H11FN2O. The molecule has 0 bridgehead atoms. The van der Waals surface area contributed by atoms with E-state index in [1.807, 2.05) is 0 Å². The van der Waals surface area contributed by atoms with Gasteiger partial charge in [-0.25, -0.2) is 4.39 Å². The number of hydrogen-bond donors (Lipinski definition) is 1. The molecule has 0 aliphatic heterocycles. The van der Waals surface area contributed by atoms with Crippen molar-refractivity contribution in [1.29, 1.82) is 0 Å². The van der Waals surface area contributed by atoms with Crippen molar-refractivity contribution < 1.29 is 9.13 Å². The van der Waals surface area contributed by atoms with E-state index in [0.29, 0.717) is 12.3 Å². The number of pyridine rings is 1. The van der Waals surface area contributed by atoms with Crippen LogP contribution in [0.5, 0.6) is 0 Å². The number of halogens is 1. The van der Waals surface area contributed by atoms with Crippen LogP contribution in [0.25, 0.3) is 0 Å². The van der Waals surface area contributed by atoms with Crippen LogP contribution in [0.1, 0.15) is 11.7 Å². The molecule has 0 amide bonds. The summed E-state index contributed by atoms with van der Waals surface area (Å²) < 4.78 is 17.4. The molecule has 12 heavy (non-hydrogen) atoms. The molecule has 3 nitrogen and oxygen atoms in total. The van der Waals surface area contributed by atoms with Crippen molar-refractivity contribution in [1.82, 2.24) is 4.98 Å². The van der Waals surface area contributed by atoms with Crippen LogP contribution in [-0.2, 0) is 4.74 Å². The van der Waals surface area contributed by atoms with E-state index in [0.717, 1.165) is 0 Å². The van der Waals surface area contributed by atoms with Crippen molar-refractivity contribution >= 4 is 0 Å². The zero-order valence-corrected chi connectivity index (χ0v) is 6.83. The maximum Gasteiger partial charge on any atom is 0.126 e. The number of ether oxygens (including phenoxy) is 1. The number of rotatable bonds is 3. The van der Waals surface area contributed by atoms with Gasteiger partial charge in [0, 0.05) is 13.3 Å². The first kappa shape index (κ1) is 9.09. The van der Waals surface area contributed by atoms with Crippen molar-refractivity contribution in [3.63, 3.8) is 0 Å². The second kappa shape index (κ2) is 4.13. The minimum Gasteiger partial charge on any atom is -0.383 e. The molecule has 0 saturated carbocycles. The molecule has 66 valence electrons. The summed E-state index contributed by atoms with van der Waals surface area (Å²) in [6.45, 7) is 0.344. The monoisotopic (exact) mass is 170 g/mol. The van der Waals surface area contributed by atoms with Crippen LogP contribution in [0.15, 0.2) is 18.3 Å². The second-order valence-corrected chi connectivity index (χ2v) is 2.46. The summed E-state index contributed by atoms with van der Waals surface area (Å²) in [6.07, 6.45) is 1.39. The summed E-state index contributed by atoms with van der Waals surface area (Å²) in [6, 6.07) is 2.23. The maximum absolute atomic E-state index is 12.6. The summed E-state index contributed by atoms with van der Waals surface area (Å²) in [4.78, 5) is 3.91. The largest absolute Gasteiger partial charge is 0.383 e. The molecule has 0 aromatic carbocycles. The molecule has 1 rings (SSSR count). The number of nitrogens with zero attached hydrogens (tertiary/aromatic N) is 1.